The highest BCUT2D eigenvalue weighted by atomic mass is 32.1. The number of aromatic amines is 1. The van der Waals surface area contributed by atoms with E-state index in [1.165, 1.54) is 4.88 Å². The van der Waals surface area contributed by atoms with Crippen LogP contribution < -0.4 is 0 Å². The summed E-state index contributed by atoms with van der Waals surface area (Å²) in [7, 11) is 0. The van der Waals surface area contributed by atoms with Crippen molar-refractivity contribution in [3.8, 4) is 11.4 Å². The molecule has 2 nitrogen and oxygen atoms in total. The first-order valence-electron chi connectivity index (χ1n) is 5.30. The lowest BCUT2D eigenvalue weighted by Crippen LogP contribution is -1.88. The zero-order valence-electron chi connectivity index (χ0n) is 9.23. The zero-order chi connectivity index (χ0) is 11.8. The van der Waals surface area contributed by atoms with E-state index in [9.17, 15) is 0 Å². The molecule has 0 spiro atoms. The first kappa shape index (κ1) is 10.6. The van der Waals surface area contributed by atoms with Gasteiger partial charge in [-0.25, -0.2) is 4.98 Å². The van der Waals surface area contributed by atoms with Gasteiger partial charge in [0, 0.05) is 10.4 Å². The Morgan fingerprint density at radius 1 is 1.24 bits per heavy atom. The van der Waals surface area contributed by atoms with Crippen LogP contribution in [0.25, 0.3) is 21.6 Å². The van der Waals surface area contributed by atoms with Crippen LogP contribution in [0.1, 0.15) is 4.88 Å². The standard InChI is InChI=1S/C13H10N2S2/c1-8-7-10-11(17-8)13(16)15-12(14-10)9-5-3-2-4-6-9/h2-7H,1H3,(H,14,15,16). The minimum atomic E-state index is 0.677. The van der Waals surface area contributed by atoms with Gasteiger partial charge >= 0.3 is 0 Å². The van der Waals surface area contributed by atoms with E-state index in [1.54, 1.807) is 11.3 Å². The van der Waals surface area contributed by atoms with Crippen LogP contribution in [0.2, 0.25) is 0 Å². The summed E-state index contributed by atoms with van der Waals surface area (Å²) >= 11 is 7.02. The molecule has 4 heteroatoms. The Morgan fingerprint density at radius 3 is 2.76 bits per heavy atom. The third-order valence-corrected chi connectivity index (χ3v) is 4.04. The fourth-order valence-corrected chi connectivity index (χ4v) is 2.98. The van der Waals surface area contributed by atoms with Crippen LogP contribution in [-0.2, 0) is 0 Å². The summed E-state index contributed by atoms with van der Waals surface area (Å²) in [4.78, 5) is 9.04. The Balaban J connectivity index is 2.29. The topological polar surface area (TPSA) is 28.7 Å². The highest BCUT2D eigenvalue weighted by Crippen LogP contribution is 2.26. The van der Waals surface area contributed by atoms with Crippen molar-refractivity contribution in [1.29, 1.82) is 0 Å². The fourth-order valence-electron chi connectivity index (χ4n) is 1.81. The quantitative estimate of drug-likeness (QED) is 0.658. The van der Waals surface area contributed by atoms with Gasteiger partial charge in [-0.05, 0) is 13.0 Å². The highest BCUT2D eigenvalue weighted by molar-refractivity contribution is 7.71. The first-order chi connectivity index (χ1) is 8.24. The van der Waals surface area contributed by atoms with Crippen LogP contribution in [0, 0.1) is 11.6 Å². The van der Waals surface area contributed by atoms with Crippen LogP contribution in [0.15, 0.2) is 36.4 Å². The summed E-state index contributed by atoms with van der Waals surface area (Å²) in [6.07, 6.45) is 0. The Hall–Kier alpha value is -1.52. The lowest BCUT2D eigenvalue weighted by atomic mass is 10.2. The maximum Gasteiger partial charge on any atom is 0.147 e. The summed E-state index contributed by atoms with van der Waals surface area (Å²) in [5.41, 5.74) is 2.13. The normalized spacial score (nSPS) is 10.9. The second kappa shape index (κ2) is 4.05. The van der Waals surface area contributed by atoms with Crippen molar-refractivity contribution in [1.82, 2.24) is 9.97 Å². The van der Waals surface area contributed by atoms with Gasteiger partial charge in [0.1, 0.15) is 10.5 Å². The smallest absolute Gasteiger partial charge is 0.147 e. The van der Waals surface area contributed by atoms with Gasteiger partial charge in [-0.2, -0.15) is 0 Å². The summed E-state index contributed by atoms with van der Waals surface area (Å²) in [6.45, 7) is 2.08. The van der Waals surface area contributed by atoms with Gasteiger partial charge in [0.05, 0.1) is 10.2 Å². The number of nitrogens with one attached hydrogen (secondary N) is 1. The van der Waals surface area contributed by atoms with Crippen LogP contribution in [0.5, 0.6) is 0 Å². The lowest BCUT2D eigenvalue weighted by Gasteiger charge is -2.01. The second-order valence-electron chi connectivity index (χ2n) is 3.86. The number of H-pyrrole nitrogens is 1. The summed E-state index contributed by atoms with van der Waals surface area (Å²) < 4.78 is 1.74. The molecule has 2 heterocycles. The summed E-state index contributed by atoms with van der Waals surface area (Å²) in [5, 5.41) is 0. The van der Waals surface area contributed by atoms with E-state index in [2.05, 4.69) is 23.0 Å². The Morgan fingerprint density at radius 2 is 2.00 bits per heavy atom. The third-order valence-electron chi connectivity index (χ3n) is 2.56. The predicted molar refractivity (Wildman–Crippen MR) is 75.0 cm³/mol. The van der Waals surface area contributed by atoms with Gasteiger partial charge in [-0.3, -0.25) is 0 Å². The van der Waals surface area contributed by atoms with E-state index in [0.717, 1.165) is 21.6 Å². The van der Waals surface area contributed by atoms with Gasteiger partial charge in [0.25, 0.3) is 0 Å². The van der Waals surface area contributed by atoms with Crippen LogP contribution in [0.4, 0.5) is 0 Å². The van der Waals surface area contributed by atoms with Crippen molar-refractivity contribution >= 4 is 33.8 Å². The van der Waals surface area contributed by atoms with E-state index in [4.69, 9.17) is 12.2 Å². The molecular formula is C13H10N2S2. The minimum absolute atomic E-state index is 0.677. The molecule has 17 heavy (non-hydrogen) atoms. The zero-order valence-corrected chi connectivity index (χ0v) is 10.9. The van der Waals surface area contributed by atoms with Gasteiger partial charge in [-0.1, -0.05) is 42.5 Å². The van der Waals surface area contributed by atoms with E-state index in [1.807, 2.05) is 30.3 Å². The first-order valence-corrected chi connectivity index (χ1v) is 6.52. The number of benzene rings is 1. The molecule has 2 aromatic heterocycles. The number of thiophene rings is 1. The monoisotopic (exact) mass is 258 g/mol. The van der Waals surface area contributed by atoms with E-state index < -0.39 is 0 Å². The fraction of sp³-hybridized carbons (Fsp3) is 0.0769. The molecule has 1 N–H and O–H groups in total. The Kier molecular flexibility index (Phi) is 2.53. The molecular weight excluding hydrogens is 248 g/mol. The van der Waals surface area contributed by atoms with Crippen molar-refractivity contribution < 1.29 is 0 Å². The van der Waals surface area contributed by atoms with Gasteiger partial charge in [0.15, 0.2) is 0 Å². The molecule has 84 valence electrons. The number of rotatable bonds is 1. The second-order valence-corrected chi connectivity index (χ2v) is 5.50. The van der Waals surface area contributed by atoms with E-state index in [0.29, 0.717) is 4.64 Å². The maximum absolute atomic E-state index is 5.33. The molecule has 0 aliphatic carbocycles. The van der Waals surface area contributed by atoms with E-state index in [-0.39, 0.29) is 0 Å². The number of aryl methyl sites for hydroxylation is 1. The number of aromatic nitrogens is 2. The average Bonchev–Trinajstić information content (AvgIpc) is 2.71. The minimum Gasteiger partial charge on any atom is -0.338 e. The van der Waals surface area contributed by atoms with Crippen LogP contribution >= 0.6 is 23.6 Å². The Labute approximate surface area is 108 Å². The number of nitrogens with zero attached hydrogens (tertiary/aromatic N) is 1. The van der Waals surface area contributed by atoms with Crippen LogP contribution in [0.3, 0.4) is 0 Å². The average molecular weight is 258 g/mol. The number of hydrogen-bond acceptors (Lipinski definition) is 3. The van der Waals surface area contributed by atoms with Gasteiger partial charge in [0.2, 0.25) is 0 Å². The maximum atomic E-state index is 5.33. The highest BCUT2D eigenvalue weighted by Gasteiger charge is 2.05. The van der Waals surface area contributed by atoms with Crippen molar-refractivity contribution in [2.24, 2.45) is 0 Å². The van der Waals surface area contributed by atoms with Crippen molar-refractivity contribution in [2.75, 3.05) is 0 Å². The van der Waals surface area contributed by atoms with Crippen LogP contribution in [-0.4, -0.2) is 9.97 Å². The van der Waals surface area contributed by atoms with Crippen molar-refractivity contribution in [2.45, 2.75) is 6.92 Å². The molecule has 0 fully saturated rings. The van der Waals surface area contributed by atoms with E-state index >= 15 is 0 Å². The summed E-state index contributed by atoms with van der Waals surface area (Å²) in [6, 6.07) is 12.2. The molecule has 0 bridgehead atoms. The molecule has 0 saturated carbocycles. The molecule has 0 aliphatic heterocycles. The molecule has 0 radical (unpaired) electrons. The summed E-state index contributed by atoms with van der Waals surface area (Å²) in [5.74, 6) is 0.834. The molecule has 0 saturated heterocycles. The van der Waals surface area contributed by atoms with Crippen molar-refractivity contribution in [3.63, 3.8) is 0 Å². The van der Waals surface area contributed by atoms with Gasteiger partial charge < -0.3 is 4.98 Å². The number of fused-ring (bicyclic) bond motifs is 1. The third kappa shape index (κ3) is 1.90. The van der Waals surface area contributed by atoms with Crippen molar-refractivity contribution in [3.05, 3.63) is 45.9 Å². The molecule has 3 rings (SSSR count). The number of hydrogen-bond donors (Lipinski definition) is 1. The SMILES string of the molecule is Cc1cc2[nH]c(-c3ccccc3)nc(=S)c2s1. The predicted octanol–water partition coefficient (Wildman–Crippen LogP) is 4.33. The molecule has 1 aromatic carbocycles. The Bertz CT molecular complexity index is 726. The molecule has 0 unspecified atom stereocenters. The lowest BCUT2D eigenvalue weighted by molar-refractivity contribution is 1.22. The van der Waals surface area contributed by atoms with Gasteiger partial charge in [-0.15, -0.1) is 11.3 Å². The molecule has 0 atom stereocenters. The largest absolute Gasteiger partial charge is 0.338 e. The molecule has 0 amide bonds. The molecule has 0 aliphatic rings. The molecule has 3 aromatic rings.